The Balaban J connectivity index is 1.91. The summed E-state index contributed by atoms with van der Waals surface area (Å²) in [5.41, 5.74) is 0. The van der Waals surface area contributed by atoms with Gasteiger partial charge in [-0.25, -0.2) is 9.97 Å². The molecule has 0 spiro atoms. The third-order valence-electron chi connectivity index (χ3n) is 3.79. The van der Waals surface area contributed by atoms with Gasteiger partial charge in [-0.3, -0.25) is 15.0 Å². The van der Waals surface area contributed by atoms with Crippen LogP contribution in [0.1, 0.15) is 6.92 Å². The first kappa shape index (κ1) is 17.7. The molecule has 1 saturated heterocycles. The lowest BCUT2D eigenvalue weighted by molar-refractivity contribution is -0.121. The lowest BCUT2D eigenvalue weighted by Gasteiger charge is -2.37. The van der Waals surface area contributed by atoms with Crippen LogP contribution in [-0.2, 0) is 15.0 Å². The van der Waals surface area contributed by atoms with Gasteiger partial charge in [0.05, 0.1) is 6.04 Å². The molecule has 0 radical (unpaired) electrons. The smallest absolute Gasteiger partial charge is 0.281 e. The Labute approximate surface area is 136 Å². The van der Waals surface area contributed by atoms with Gasteiger partial charge in [0.1, 0.15) is 0 Å². The van der Waals surface area contributed by atoms with Crippen molar-refractivity contribution in [1.82, 2.24) is 23.5 Å². The molecule has 0 aromatic carbocycles. The standard InChI is InChI=1S/C13H22N6O3S/c1-11(12(20)16-13-14-5-4-6-15-13)18-7-9-19(10-8-18)23(21,22)17(2)3/h4-6,11H,7-10H2,1-3H3,(H,14,15,16,20)/t11-/m0/s1. The van der Waals surface area contributed by atoms with Crippen LogP contribution in [0.4, 0.5) is 5.95 Å². The molecule has 1 atom stereocenters. The number of nitrogens with one attached hydrogen (secondary N) is 1. The largest absolute Gasteiger partial charge is 0.293 e. The molecule has 0 saturated carbocycles. The van der Waals surface area contributed by atoms with E-state index in [0.29, 0.717) is 26.2 Å². The Morgan fingerprint density at radius 2 is 1.78 bits per heavy atom. The summed E-state index contributed by atoms with van der Waals surface area (Å²) >= 11 is 0. The van der Waals surface area contributed by atoms with Crippen LogP contribution in [0.25, 0.3) is 0 Å². The summed E-state index contributed by atoms with van der Waals surface area (Å²) in [6, 6.07) is 1.28. The predicted octanol–water partition coefficient (Wildman–Crippen LogP) is -0.772. The van der Waals surface area contributed by atoms with Gasteiger partial charge in [-0.15, -0.1) is 0 Å². The molecule has 9 nitrogen and oxygen atoms in total. The minimum atomic E-state index is -3.40. The van der Waals surface area contributed by atoms with Gasteiger partial charge < -0.3 is 0 Å². The Hall–Kier alpha value is -1.62. The number of piperazine rings is 1. The Morgan fingerprint density at radius 1 is 1.22 bits per heavy atom. The zero-order chi connectivity index (χ0) is 17.0. The monoisotopic (exact) mass is 342 g/mol. The molecule has 1 aliphatic rings. The molecule has 2 rings (SSSR count). The van der Waals surface area contributed by atoms with E-state index in [1.807, 2.05) is 4.90 Å². The topological polar surface area (TPSA) is 98.7 Å². The van der Waals surface area contributed by atoms with Crippen LogP contribution in [-0.4, -0.2) is 84.1 Å². The van der Waals surface area contributed by atoms with Crippen molar-refractivity contribution in [2.75, 3.05) is 45.6 Å². The number of hydrogen-bond donors (Lipinski definition) is 1. The fourth-order valence-electron chi connectivity index (χ4n) is 2.30. The van der Waals surface area contributed by atoms with Gasteiger partial charge >= 0.3 is 0 Å². The molecule has 1 aromatic heterocycles. The van der Waals surface area contributed by atoms with E-state index in [2.05, 4.69) is 15.3 Å². The number of hydrogen-bond acceptors (Lipinski definition) is 6. The van der Waals surface area contributed by atoms with Gasteiger partial charge in [-0.1, -0.05) is 0 Å². The van der Waals surface area contributed by atoms with E-state index in [0.717, 1.165) is 0 Å². The second-order valence-corrected chi connectivity index (χ2v) is 7.61. The van der Waals surface area contributed by atoms with Gasteiger partial charge in [-0.05, 0) is 13.0 Å². The summed E-state index contributed by atoms with van der Waals surface area (Å²) in [5, 5.41) is 2.66. The highest BCUT2D eigenvalue weighted by Crippen LogP contribution is 2.12. The summed E-state index contributed by atoms with van der Waals surface area (Å²) in [7, 11) is -0.375. The summed E-state index contributed by atoms with van der Waals surface area (Å²) < 4.78 is 26.8. The number of rotatable bonds is 5. The number of nitrogens with zero attached hydrogens (tertiary/aromatic N) is 5. The fourth-order valence-corrected chi connectivity index (χ4v) is 3.38. The second kappa shape index (κ2) is 7.30. The van der Waals surface area contributed by atoms with Crippen molar-refractivity contribution in [2.24, 2.45) is 0 Å². The van der Waals surface area contributed by atoms with Gasteiger partial charge in [0.2, 0.25) is 11.9 Å². The lowest BCUT2D eigenvalue weighted by atomic mass is 10.2. The van der Waals surface area contributed by atoms with E-state index in [9.17, 15) is 13.2 Å². The maximum atomic E-state index is 12.2. The van der Waals surface area contributed by atoms with Crippen molar-refractivity contribution in [3.63, 3.8) is 0 Å². The third-order valence-corrected chi connectivity index (χ3v) is 5.73. The molecule has 1 N–H and O–H groups in total. The second-order valence-electron chi connectivity index (χ2n) is 5.46. The number of carbonyl (C=O) groups excluding carboxylic acids is 1. The summed E-state index contributed by atoms with van der Waals surface area (Å²) in [6.45, 7) is 3.50. The molecule has 0 unspecified atom stereocenters. The molecule has 23 heavy (non-hydrogen) atoms. The van der Waals surface area contributed by atoms with Gasteiger partial charge in [0.15, 0.2) is 0 Å². The molecule has 128 valence electrons. The van der Waals surface area contributed by atoms with E-state index >= 15 is 0 Å². The molecular weight excluding hydrogens is 320 g/mol. The quantitative estimate of drug-likeness (QED) is 0.754. The SMILES string of the molecule is C[C@@H](C(=O)Nc1ncccn1)N1CCN(S(=O)(=O)N(C)C)CC1. The maximum absolute atomic E-state index is 12.2. The molecule has 1 fully saturated rings. The average Bonchev–Trinajstić information content (AvgIpc) is 2.55. The Kier molecular flexibility index (Phi) is 5.63. The first-order chi connectivity index (χ1) is 10.8. The Bertz CT molecular complexity index is 628. The normalized spacial score (nSPS) is 18.8. The molecule has 0 aliphatic carbocycles. The van der Waals surface area contributed by atoms with Gasteiger partial charge in [0.25, 0.3) is 10.2 Å². The van der Waals surface area contributed by atoms with E-state index in [1.54, 1.807) is 25.4 Å². The first-order valence-electron chi connectivity index (χ1n) is 7.32. The van der Waals surface area contributed by atoms with E-state index in [4.69, 9.17) is 0 Å². The number of aromatic nitrogens is 2. The number of amides is 1. The van der Waals surface area contributed by atoms with Crippen LogP contribution >= 0.6 is 0 Å². The van der Waals surface area contributed by atoms with Crippen LogP contribution in [0, 0.1) is 0 Å². The van der Waals surface area contributed by atoms with Crippen LogP contribution in [0.15, 0.2) is 18.5 Å². The Morgan fingerprint density at radius 3 is 2.30 bits per heavy atom. The molecule has 1 aliphatic heterocycles. The minimum Gasteiger partial charge on any atom is -0.293 e. The molecule has 1 aromatic rings. The number of anilines is 1. The van der Waals surface area contributed by atoms with Gasteiger partial charge in [-0.2, -0.15) is 17.0 Å². The fraction of sp³-hybridized carbons (Fsp3) is 0.615. The molecule has 1 amide bonds. The highest BCUT2D eigenvalue weighted by Gasteiger charge is 2.31. The van der Waals surface area contributed by atoms with E-state index < -0.39 is 10.2 Å². The van der Waals surface area contributed by atoms with Crippen molar-refractivity contribution in [3.8, 4) is 0 Å². The third kappa shape index (κ3) is 4.22. The zero-order valence-electron chi connectivity index (χ0n) is 13.5. The lowest BCUT2D eigenvalue weighted by Crippen LogP contribution is -2.55. The van der Waals surface area contributed by atoms with E-state index in [1.165, 1.54) is 22.7 Å². The van der Waals surface area contributed by atoms with Crippen molar-refractivity contribution in [2.45, 2.75) is 13.0 Å². The highest BCUT2D eigenvalue weighted by molar-refractivity contribution is 7.86. The maximum Gasteiger partial charge on any atom is 0.281 e. The number of carbonyl (C=O) groups is 1. The molecular formula is C13H22N6O3S. The molecule has 2 heterocycles. The first-order valence-corrected chi connectivity index (χ1v) is 8.71. The van der Waals surface area contributed by atoms with Crippen LogP contribution < -0.4 is 5.32 Å². The average molecular weight is 342 g/mol. The van der Waals surface area contributed by atoms with Crippen molar-refractivity contribution < 1.29 is 13.2 Å². The summed E-state index contributed by atoms with van der Waals surface area (Å²) in [5.74, 6) is 0.0540. The summed E-state index contributed by atoms with van der Waals surface area (Å²) in [6.07, 6.45) is 3.11. The minimum absolute atomic E-state index is 0.208. The van der Waals surface area contributed by atoms with Gasteiger partial charge in [0, 0.05) is 52.7 Å². The zero-order valence-corrected chi connectivity index (χ0v) is 14.3. The van der Waals surface area contributed by atoms with Crippen molar-refractivity contribution in [3.05, 3.63) is 18.5 Å². The summed E-state index contributed by atoms with van der Waals surface area (Å²) in [4.78, 5) is 22.1. The molecule has 0 bridgehead atoms. The van der Waals surface area contributed by atoms with Crippen LogP contribution in [0.5, 0.6) is 0 Å². The van der Waals surface area contributed by atoms with Crippen molar-refractivity contribution in [1.29, 1.82) is 0 Å². The van der Waals surface area contributed by atoms with Crippen molar-refractivity contribution >= 4 is 22.1 Å². The van der Waals surface area contributed by atoms with Crippen LogP contribution in [0.2, 0.25) is 0 Å². The van der Waals surface area contributed by atoms with Crippen LogP contribution in [0.3, 0.4) is 0 Å². The highest BCUT2D eigenvalue weighted by atomic mass is 32.2. The molecule has 10 heteroatoms. The predicted molar refractivity (Wildman–Crippen MR) is 85.9 cm³/mol. The van der Waals surface area contributed by atoms with E-state index in [-0.39, 0.29) is 17.9 Å².